The van der Waals surface area contributed by atoms with Crippen LogP contribution in [0.5, 0.6) is 0 Å². The molecular formula is C14H18N2O3. The van der Waals surface area contributed by atoms with Gasteiger partial charge in [0.1, 0.15) is 0 Å². The first-order valence-electron chi connectivity index (χ1n) is 6.25. The number of fused-ring (bicyclic) bond motifs is 1. The second kappa shape index (κ2) is 4.91. The summed E-state index contributed by atoms with van der Waals surface area (Å²) in [5, 5.41) is 9.32. The Morgan fingerprint density at radius 3 is 2.53 bits per heavy atom. The van der Waals surface area contributed by atoms with Crippen LogP contribution in [0.3, 0.4) is 0 Å². The fourth-order valence-electron chi connectivity index (χ4n) is 2.55. The molecule has 1 N–H and O–H groups in total. The summed E-state index contributed by atoms with van der Waals surface area (Å²) >= 11 is 0. The first-order valence-corrected chi connectivity index (χ1v) is 6.25. The van der Waals surface area contributed by atoms with Crippen LogP contribution in [-0.4, -0.2) is 42.1 Å². The lowest BCUT2D eigenvalue weighted by atomic mass is 9.86. The third-order valence-electron chi connectivity index (χ3n) is 3.48. The average molecular weight is 262 g/mol. The molecule has 0 bridgehead atoms. The number of anilines is 1. The van der Waals surface area contributed by atoms with E-state index in [9.17, 15) is 14.7 Å². The number of para-hydroxylation sites is 1. The minimum absolute atomic E-state index is 0.121. The number of urea groups is 1. The van der Waals surface area contributed by atoms with Gasteiger partial charge in [0.15, 0.2) is 0 Å². The molecule has 0 saturated carbocycles. The third-order valence-corrected chi connectivity index (χ3v) is 3.48. The quantitative estimate of drug-likeness (QED) is 0.843. The maximum Gasteiger partial charge on any atom is 0.324 e. The number of benzene rings is 1. The summed E-state index contributed by atoms with van der Waals surface area (Å²) in [5.74, 6) is -1.38. The molecule has 5 heteroatoms. The fraction of sp³-hybridized carbons (Fsp3) is 0.429. The Kier molecular flexibility index (Phi) is 3.46. The molecule has 2 atom stereocenters. The van der Waals surface area contributed by atoms with Gasteiger partial charge in [0, 0.05) is 25.8 Å². The first kappa shape index (κ1) is 13.4. The number of carbonyl (C=O) groups excluding carboxylic acids is 1. The number of carboxylic acid groups (broad SMARTS) is 1. The second-order valence-corrected chi connectivity index (χ2v) is 5.08. The number of rotatable bonds is 1. The summed E-state index contributed by atoms with van der Waals surface area (Å²) in [5.41, 5.74) is 1.41. The molecule has 1 aliphatic heterocycles. The summed E-state index contributed by atoms with van der Waals surface area (Å²) in [4.78, 5) is 26.8. The average Bonchev–Trinajstić information content (AvgIpc) is 2.36. The molecule has 5 nitrogen and oxygen atoms in total. The minimum atomic E-state index is -0.837. The molecule has 1 aromatic carbocycles. The van der Waals surface area contributed by atoms with Crippen molar-refractivity contribution < 1.29 is 14.7 Å². The summed E-state index contributed by atoms with van der Waals surface area (Å²) in [6, 6.07) is 6.97. The number of carboxylic acids is 1. The van der Waals surface area contributed by atoms with Crippen LogP contribution in [0.1, 0.15) is 24.8 Å². The van der Waals surface area contributed by atoms with Gasteiger partial charge < -0.3 is 10.0 Å². The van der Waals surface area contributed by atoms with Crippen molar-refractivity contribution in [1.29, 1.82) is 0 Å². The highest BCUT2D eigenvalue weighted by Gasteiger charge is 2.37. The van der Waals surface area contributed by atoms with Gasteiger partial charge in [-0.3, -0.25) is 9.69 Å². The van der Waals surface area contributed by atoms with Crippen LogP contribution >= 0.6 is 0 Å². The highest BCUT2D eigenvalue weighted by molar-refractivity contribution is 5.95. The van der Waals surface area contributed by atoms with E-state index in [4.69, 9.17) is 0 Å². The Balaban J connectivity index is 2.51. The van der Waals surface area contributed by atoms with Crippen LogP contribution in [0.25, 0.3) is 0 Å². The highest BCUT2D eigenvalue weighted by Crippen LogP contribution is 2.38. The highest BCUT2D eigenvalue weighted by atomic mass is 16.4. The first-order chi connectivity index (χ1) is 8.93. The van der Waals surface area contributed by atoms with Crippen LogP contribution in [-0.2, 0) is 4.79 Å². The Labute approximate surface area is 112 Å². The predicted octanol–water partition coefficient (Wildman–Crippen LogP) is 2.13. The van der Waals surface area contributed by atoms with E-state index >= 15 is 0 Å². The number of amides is 2. The van der Waals surface area contributed by atoms with Gasteiger partial charge in [0.25, 0.3) is 0 Å². The molecule has 1 aromatic rings. The van der Waals surface area contributed by atoms with Gasteiger partial charge in [-0.15, -0.1) is 0 Å². The van der Waals surface area contributed by atoms with Crippen LogP contribution in [0.15, 0.2) is 24.3 Å². The summed E-state index contributed by atoms with van der Waals surface area (Å²) in [6.07, 6.45) is 0.436. The molecule has 0 saturated heterocycles. The topological polar surface area (TPSA) is 60.9 Å². The molecule has 2 unspecified atom stereocenters. The monoisotopic (exact) mass is 262 g/mol. The molecule has 0 radical (unpaired) electrons. The zero-order chi connectivity index (χ0) is 14.2. The molecule has 0 aliphatic carbocycles. The molecule has 2 amide bonds. The summed E-state index contributed by atoms with van der Waals surface area (Å²) in [7, 11) is 3.39. The van der Waals surface area contributed by atoms with Gasteiger partial charge in [0.2, 0.25) is 0 Å². The Hall–Kier alpha value is -2.04. The molecule has 0 fully saturated rings. The number of carbonyl (C=O) groups is 2. The van der Waals surface area contributed by atoms with Crippen molar-refractivity contribution in [3.63, 3.8) is 0 Å². The van der Waals surface area contributed by atoms with Crippen molar-refractivity contribution >= 4 is 17.7 Å². The van der Waals surface area contributed by atoms with Crippen molar-refractivity contribution in [2.24, 2.45) is 0 Å². The molecule has 1 aliphatic rings. The normalized spacial score (nSPS) is 21.7. The Bertz CT molecular complexity index is 513. The van der Waals surface area contributed by atoms with Gasteiger partial charge >= 0.3 is 12.0 Å². The van der Waals surface area contributed by atoms with E-state index < -0.39 is 11.9 Å². The Morgan fingerprint density at radius 2 is 1.95 bits per heavy atom. The van der Waals surface area contributed by atoms with E-state index in [2.05, 4.69) is 0 Å². The van der Waals surface area contributed by atoms with Crippen molar-refractivity contribution in [3.05, 3.63) is 29.8 Å². The van der Waals surface area contributed by atoms with E-state index in [0.717, 1.165) is 0 Å². The van der Waals surface area contributed by atoms with Crippen LogP contribution in [0.4, 0.5) is 10.5 Å². The third kappa shape index (κ3) is 2.28. The number of aliphatic carboxylic acids is 1. The molecule has 19 heavy (non-hydrogen) atoms. The molecule has 102 valence electrons. The second-order valence-electron chi connectivity index (χ2n) is 5.08. The van der Waals surface area contributed by atoms with Crippen molar-refractivity contribution in [1.82, 2.24) is 4.90 Å². The van der Waals surface area contributed by atoms with E-state index in [-0.39, 0.29) is 12.1 Å². The maximum absolute atomic E-state index is 12.3. The van der Waals surface area contributed by atoms with Gasteiger partial charge in [0.05, 0.1) is 5.92 Å². The number of hydrogen-bond donors (Lipinski definition) is 1. The maximum atomic E-state index is 12.3. The lowest BCUT2D eigenvalue weighted by Crippen LogP contribution is -2.48. The van der Waals surface area contributed by atoms with Gasteiger partial charge in [-0.1, -0.05) is 18.2 Å². The number of hydrogen-bond acceptors (Lipinski definition) is 2. The summed E-state index contributed by atoms with van der Waals surface area (Å²) < 4.78 is 0. The van der Waals surface area contributed by atoms with Crippen LogP contribution < -0.4 is 4.90 Å². The van der Waals surface area contributed by atoms with Crippen LogP contribution in [0.2, 0.25) is 0 Å². The standard InChI is InChI=1S/C14H18N2O3/c1-9-8-11(13(17)18)10-6-4-5-7-12(10)16(9)14(19)15(2)3/h4-7,9,11H,8H2,1-3H3,(H,17,18). The largest absolute Gasteiger partial charge is 0.481 e. The molecule has 1 heterocycles. The van der Waals surface area contributed by atoms with Crippen molar-refractivity contribution in [3.8, 4) is 0 Å². The lowest BCUT2D eigenvalue weighted by molar-refractivity contribution is -0.139. The zero-order valence-electron chi connectivity index (χ0n) is 11.3. The minimum Gasteiger partial charge on any atom is -0.481 e. The van der Waals surface area contributed by atoms with E-state index in [0.29, 0.717) is 17.7 Å². The van der Waals surface area contributed by atoms with E-state index in [1.54, 1.807) is 25.1 Å². The number of nitrogens with zero attached hydrogens (tertiary/aromatic N) is 2. The molecule has 0 aromatic heterocycles. The van der Waals surface area contributed by atoms with Crippen molar-refractivity contribution in [2.75, 3.05) is 19.0 Å². The smallest absolute Gasteiger partial charge is 0.324 e. The van der Waals surface area contributed by atoms with Gasteiger partial charge in [-0.25, -0.2) is 4.79 Å². The predicted molar refractivity (Wildman–Crippen MR) is 72.5 cm³/mol. The van der Waals surface area contributed by atoms with Gasteiger partial charge in [-0.2, -0.15) is 0 Å². The van der Waals surface area contributed by atoms with E-state index in [1.165, 1.54) is 4.90 Å². The van der Waals surface area contributed by atoms with Crippen LogP contribution in [0, 0.1) is 0 Å². The van der Waals surface area contributed by atoms with Gasteiger partial charge in [-0.05, 0) is 25.0 Å². The molecular weight excluding hydrogens is 244 g/mol. The van der Waals surface area contributed by atoms with Crippen molar-refractivity contribution in [2.45, 2.75) is 25.3 Å². The summed E-state index contributed by atoms with van der Waals surface area (Å²) in [6.45, 7) is 1.88. The molecule has 2 rings (SSSR count). The fourth-order valence-corrected chi connectivity index (χ4v) is 2.55. The Morgan fingerprint density at radius 1 is 1.32 bits per heavy atom. The van der Waals surface area contributed by atoms with E-state index in [1.807, 2.05) is 25.1 Å². The SMILES string of the molecule is CC1CC(C(=O)O)c2ccccc2N1C(=O)N(C)C. The zero-order valence-corrected chi connectivity index (χ0v) is 11.3. The lowest BCUT2D eigenvalue weighted by Gasteiger charge is -2.39. The molecule has 0 spiro atoms.